The van der Waals surface area contributed by atoms with Crippen LogP contribution in [-0.4, -0.2) is 29.9 Å². The molecule has 3 N–H and O–H groups in total. The van der Waals surface area contributed by atoms with Crippen LogP contribution in [-0.2, 0) is 0 Å². The summed E-state index contributed by atoms with van der Waals surface area (Å²) in [5, 5.41) is 7.47. The van der Waals surface area contributed by atoms with Gasteiger partial charge in [0.25, 0.3) is 0 Å². The maximum Gasteiger partial charge on any atom is 0.108 e. The van der Waals surface area contributed by atoms with Gasteiger partial charge in [0.15, 0.2) is 0 Å². The van der Waals surface area contributed by atoms with Crippen LogP contribution in [0.5, 0.6) is 0 Å². The molecular formula is C12H23N3. The average Bonchev–Trinajstić information content (AvgIpc) is 2.67. The van der Waals surface area contributed by atoms with Crippen LogP contribution in [0.2, 0.25) is 0 Å². The molecule has 86 valence electrons. The van der Waals surface area contributed by atoms with Crippen molar-refractivity contribution in [1.29, 1.82) is 5.41 Å². The Balaban J connectivity index is 1.89. The van der Waals surface area contributed by atoms with E-state index in [1.165, 1.54) is 38.5 Å². The molecule has 1 heterocycles. The lowest BCUT2D eigenvalue weighted by molar-refractivity contribution is 0.0990. The molecule has 3 nitrogen and oxygen atoms in total. The first kappa shape index (κ1) is 10.9. The van der Waals surface area contributed by atoms with Gasteiger partial charge in [0.1, 0.15) is 5.84 Å². The van der Waals surface area contributed by atoms with Crippen molar-refractivity contribution in [3.05, 3.63) is 0 Å². The zero-order valence-electron chi connectivity index (χ0n) is 9.76. The number of hydrogen-bond acceptors (Lipinski definition) is 2. The number of nitrogens with one attached hydrogen (secondary N) is 1. The number of rotatable bonds is 2. The number of piperidine rings is 1. The summed E-state index contributed by atoms with van der Waals surface area (Å²) in [7, 11) is 0. The minimum Gasteiger partial charge on any atom is -0.386 e. The summed E-state index contributed by atoms with van der Waals surface area (Å²) in [6.45, 7) is 4.33. The van der Waals surface area contributed by atoms with Crippen molar-refractivity contribution in [3.8, 4) is 0 Å². The Hall–Kier alpha value is -0.570. The highest BCUT2D eigenvalue weighted by atomic mass is 15.2. The van der Waals surface area contributed by atoms with Gasteiger partial charge in [-0.1, -0.05) is 12.8 Å². The van der Waals surface area contributed by atoms with E-state index in [1.807, 2.05) is 0 Å². The lowest BCUT2D eigenvalue weighted by Crippen LogP contribution is -2.48. The zero-order chi connectivity index (χ0) is 10.9. The maximum absolute atomic E-state index is 7.47. The minimum atomic E-state index is 0.142. The molecule has 1 aliphatic carbocycles. The molecule has 2 aliphatic rings. The fourth-order valence-electron chi connectivity index (χ4n) is 3.21. The Bertz CT molecular complexity index is 233. The molecule has 1 aliphatic heterocycles. The van der Waals surface area contributed by atoms with E-state index >= 15 is 0 Å². The van der Waals surface area contributed by atoms with E-state index < -0.39 is 0 Å². The first-order valence-electron chi connectivity index (χ1n) is 6.21. The van der Waals surface area contributed by atoms with Gasteiger partial charge in [-0.3, -0.25) is 10.3 Å². The Morgan fingerprint density at radius 2 is 1.73 bits per heavy atom. The fourth-order valence-corrected chi connectivity index (χ4v) is 3.21. The SMILES string of the molecule is CC(C(=N)N)N1CCC2(CCCC2)CC1. The molecule has 1 saturated carbocycles. The van der Waals surface area contributed by atoms with Crippen LogP contribution in [0.3, 0.4) is 0 Å². The Morgan fingerprint density at radius 3 is 2.20 bits per heavy atom. The van der Waals surface area contributed by atoms with Crippen molar-refractivity contribution in [2.75, 3.05) is 13.1 Å². The molecule has 1 saturated heterocycles. The normalized spacial score (nSPS) is 28.1. The van der Waals surface area contributed by atoms with Crippen LogP contribution in [0.15, 0.2) is 0 Å². The van der Waals surface area contributed by atoms with E-state index in [1.54, 1.807) is 0 Å². The van der Waals surface area contributed by atoms with Gasteiger partial charge < -0.3 is 5.73 Å². The second-order valence-electron chi connectivity index (χ2n) is 5.37. The van der Waals surface area contributed by atoms with Gasteiger partial charge in [-0.2, -0.15) is 0 Å². The van der Waals surface area contributed by atoms with Gasteiger partial charge in [-0.25, -0.2) is 0 Å². The molecular weight excluding hydrogens is 186 g/mol. The van der Waals surface area contributed by atoms with Crippen molar-refractivity contribution in [3.63, 3.8) is 0 Å². The summed E-state index contributed by atoms with van der Waals surface area (Å²) in [4.78, 5) is 2.37. The molecule has 0 amide bonds. The monoisotopic (exact) mass is 209 g/mol. The Morgan fingerprint density at radius 1 is 1.20 bits per heavy atom. The van der Waals surface area contributed by atoms with Crippen molar-refractivity contribution < 1.29 is 0 Å². The number of nitrogens with zero attached hydrogens (tertiary/aromatic N) is 1. The number of hydrogen-bond donors (Lipinski definition) is 2. The lowest BCUT2D eigenvalue weighted by Gasteiger charge is -2.41. The molecule has 1 spiro atoms. The largest absolute Gasteiger partial charge is 0.386 e. The number of likely N-dealkylation sites (tertiary alicyclic amines) is 1. The number of amidine groups is 1. The molecule has 3 heteroatoms. The van der Waals surface area contributed by atoms with Crippen LogP contribution >= 0.6 is 0 Å². The van der Waals surface area contributed by atoms with E-state index in [4.69, 9.17) is 11.1 Å². The molecule has 1 unspecified atom stereocenters. The van der Waals surface area contributed by atoms with E-state index in [0.29, 0.717) is 11.3 Å². The molecule has 0 aromatic heterocycles. The summed E-state index contributed by atoms with van der Waals surface area (Å²) >= 11 is 0. The van der Waals surface area contributed by atoms with Crippen LogP contribution < -0.4 is 5.73 Å². The van der Waals surface area contributed by atoms with Crippen LogP contribution in [0.25, 0.3) is 0 Å². The zero-order valence-corrected chi connectivity index (χ0v) is 9.76. The topological polar surface area (TPSA) is 53.1 Å². The van der Waals surface area contributed by atoms with Crippen molar-refractivity contribution >= 4 is 5.84 Å². The molecule has 15 heavy (non-hydrogen) atoms. The van der Waals surface area contributed by atoms with Crippen molar-refractivity contribution in [2.24, 2.45) is 11.1 Å². The summed E-state index contributed by atoms with van der Waals surface area (Å²) in [5.74, 6) is 0.317. The molecule has 2 fully saturated rings. The Kier molecular flexibility index (Phi) is 3.01. The van der Waals surface area contributed by atoms with Gasteiger partial charge >= 0.3 is 0 Å². The fraction of sp³-hybridized carbons (Fsp3) is 0.917. The molecule has 0 aromatic carbocycles. The standard InChI is InChI=1S/C12H23N3/c1-10(11(13)14)15-8-6-12(7-9-15)4-2-3-5-12/h10H,2-9H2,1H3,(H3,13,14). The van der Waals surface area contributed by atoms with Gasteiger partial charge in [0.2, 0.25) is 0 Å². The molecule has 0 aromatic rings. The van der Waals surface area contributed by atoms with Gasteiger partial charge in [0, 0.05) is 0 Å². The predicted octanol–water partition coefficient (Wildman–Crippen LogP) is 1.97. The lowest BCUT2D eigenvalue weighted by atomic mass is 9.77. The number of nitrogens with two attached hydrogens (primary N) is 1. The minimum absolute atomic E-state index is 0.142. The quantitative estimate of drug-likeness (QED) is 0.539. The van der Waals surface area contributed by atoms with Crippen molar-refractivity contribution in [2.45, 2.75) is 51.5 Å². The molecule has 1 atom stereocenters. The van der Waals surface area contributed by atoms with Gasteiger partial charge in [-0.15, -0.1) is 0 Å². The average molecular weight is 209 g/mol. The predicted molar refractivity (Wildman–Crippen MR) is 63.1 cm³/mol. The summed E-state index contributed by atoms with van der Waals surface area (Å²) in [5.41, 5.74) is 6.23. The van der Waals surface area contributed by atoms with Crippen LogP contribution in [0.4, 0.5) is 0 Å². The van der Waals surface area contributed by atoms with E-state index in [-0.39, 0.29) is 6.04 Å². The first-order valence-corrected chi connectivity index (χ1v) is 6.21. The molecule has 0 radical (unpaired) electrons. The smallest absolute Gasteiger partial charge is 0.108 e. The molecule has 0 bridgehead atoms. The van der Waals surface area contributed by atoms with Crippen LogP contribution in [0.1, 0.15) is 45.4 Å². The summed E-state index contributed by atoms with van der Waals surface area (Å²) in [6.07, 6.45) is 8.39. The van der Waals surface area contributed by atoms with E-state index in [2.05, 4.69) is 11.8 Å². The van der Waals surface area contributed by atoms with Gasteiger partial charge in [-0.05, 0) is 51.1 Å². The van der Waals surface area contributed by atoms with E-state index in [0.717, 1.165) is 13.1 Å². The highest BCUT2D eigenvalue weighted by Gasteiger charge is 2.37. The molecule has 2 rings (SSSR count). The maximum atomic E-state index is 7.47. The Labute approximate surface area is 92.5 Å². The second-order valence-corrected chi connectivity index (χ2v) is 5.37. The summed E-state index contributed by atoms with van der Waals surface area (Å²) < 4.78 is 0. The third-order valence-electron chi connectivity index (χ3n) is 4.52. The van der Waals surface area contributed by atoms with Crippen LogP contribution in [0, 0.1) is 10.8 Å². The van der Waals surface area contributed by atoms with Gasteiger partial charge in [0.05, 0.1) is 6.04 Å². The summed E-state index contributed by atoms with van der Waals surface area (Å²) in [6, 6.07) is 0.142. The second kappa shape index (κ2) is 4.12. The third-order valence-corrected chi connectivity index (χ3v) is 4.52. The van der Waals surface area contributed by atoms with E-state index in [9.17, 15) is 0 Å². The third kappa shape index (κ3) is 2.17. The highest BCUT2D eigenvalue weighted by Crippen LogP contribution is 2.46. The van der Waals surface area contributed by atoms with Crippen molar-refractivity contribution in [1.82, 2.24) is 4.90 Å². The highest BCUT2D eigenvalue weighted by molar-refractivity contribution is 5.82. The first-order chi connectivity index (χ1) is 7.13.